The van der Waals surface area contributed by atoms with Crippen LogP contribution in [0.1, 0.15) is 50.3 Å². The van der Waals surface area contributed by atoms with Gasteiger partial charge in [0.05, 0.1) is 13.7 Å². The van der Waals surface area contributed by atoms with E-state index in [9.17, 15) is 0 Å². The Morgan fingerprint density at radius 2 is 1.46 bits per heavy atom. The van der Waals surface area contributed by atoms with Crippen LogP contribution in [-0.2, 0) is 26.5 Å². The fourth-order valence-corrected chi connectivity index (χ4v) is 8.95. The summed E-state index contributed by atoms with van der Waals surface area (Å²) in [5.41, 5.74) is 12.0. The Labute approximate surface area is 335 Å². The van der Waals surface area contributed by atoms with Crippen molar-refractivity contribution in [1.29, 1.82) is 0 Å². The summed E-state index contributed by atoms with van der Waals surface area (Å²) in [5, 5.41) is 6.18. The molecule has 8 aromatic rings. The molecule has 275 valence electrons. The molecule has 5 aromatic carbocycles. The van der Waals surface area contributed by atoms with Crippen LogP contribution < -0.4 is 5.19 Å². The summed E-state index contributed by atoms with van der Waals surface area (Å²) in [6.07, 6.45) is 5.20. The third-order valence-electron chi connectivity index (χ3n) is 9.97. The van der Waals surface area contributed by atoms with Crippen molar-refractivity contribution in [2.45, 2.75) is 66.6 Å². The van der Waals surface area contributed by atoms with Gasteiger partial charge in [0.25, 0.3) is 0 Å². The average Bonchev–Trinajstić information content (AvgIpc) is 3.53. The van der Waals surface area contributed by atoms with E-state index < -0.39 is 8.07 Å². The fraction of sp³-hybridized carbons (Fsp3) is 0.224. The minimum absolute atomic E-state index is 0. The van der Waals surface area contributed by atoms with Gasteiger partial charge in [-0.2, -0.15) is 0 Å². The van der Waals surface area contributed by atoms with E-state index in [1.807, 2.05) is 30.5 Å². The van der Waals surface area contributed by atoms with Gasteiger partial charge in [-0.1, -0.05) is 131 Å². The monoisotopic (exact) mass is 901 g/mol. The molecular formula is C49H48IrN2OSi-2. The molecule has 0 amide bonds. The Bertz CT molecular complexity index is 2540. The summed E-state index contributed by atoms with van der Waals surface area (Å²) in [5.74, 6) is 1.10. The van der Waals surface area contributed by atoms with Crippen LogP contribution in [0.25, 0.3) is 66.4 Å². The van der Waals surface area contributed by atoms with Crippen molar-refractivity contribution in [2.75, 3.05) is 0 Å². The summed E-state index contributed by atoms with van der Waals surface area (Å²) in [6.45, 7) is 18.3. The minimum Gasteiger partial charge on any atom is -0.501 e. The van der Waals surface area contributed by atoms with E-state index in [1.165, 1.54) is 38.2 Å². The molecular weight excluding hydrogens is 853 g/mol. The first-order valence-corrected chi connectivity index (χ1v) is 22.3. The Kier molecular flexibility index (Phi) is 11.8. The topological polar surface area (TPSA) is 38.9 Å². The largest absolute Gasteiger partial charge is 0.501 e. The van der Waals surface area contributed by atoms with E-state index in [4.69, 9.17) is 9.40 Å². The van der Waals surface area contributed by atoms with Crippen molar-refractivity contribution >= 4 is 46.0 Å². The number of rotatable bonds is 7. The molecule has 0 fully saturated rings. The number of pyridine rings is 2. The zero-order chi connectivity index (χ0) is 37.3. The van der Waals surface area contributed by atoms with Gasteiger partial charge in [-0.15, -0.1) is 54.1 Å². The van der Waals surface area contributed by atoms with Crippen LogP contribution in [0.5, 0.6) is 0 Å². The quantitative estimate of drug-likeness (QED) is 0.118. The smallest absolute Gasteiger partial charge is 0.121 e. The molecule has 0 aliphatic rings. The number of furan rings is 1. The van der Waals surface area contributed by atoms with Crippen molar-refractivity contribution in [3.63, 3.8) is 0 Å². The van der Waals surface area contributed by atoms with Gasteiger partial charge in [0, 0.05) is 37.9 Å². The molecule has 3 heterocycles. The Hall–Kier alpha value is -4.67. The van der Waals surface area contributed by atoms with Crippen molar-refractivity contribution in [3.05, 3.63) is 150 Å². The van der Waals surface area contributed by atoms with Crippen LogP contribution >= 0.6 is 0 Å². The molecule has 1 radical (unpaired) electrons. The van der Waals surface area contributed by atoms with Crippen LogP contribution in [0, 0.1) is 25.0 Å². The summed E-state index contributed by atoms with van der Waals surface area (Å²) >= 11 is 0. The van der Waals surface area contributed by atoms with E-state index in [2.05, 4.69) is 163 Å². The van der Waals surface area contributed by atoms with E-state index in [1.54, 1.807) is 0 Å². The molecule has 0 aliphatic heterocycles. The van der Waals surface area contributed by atoms with Crippen molar-refractivity contribution in [3.8, 4) is 33.6 Å². The van der Waals surface area contributed by atoms with Crippen LogP contribution in [0.3, 0.4) is 0 Å². The van der Waals surface area contributed by atoms with Gasteiger partial charge in [-0.25, -0.2) is 0 Å². The standard InChI is InChI=1S/C31H24NO.C18H24NSi.Ir/c1-19(2)28-17-29(32-18-20(28)3)27-13-7-12-26-25-15-14-22(16-30(25)33-31(26)27)24-11-6-9-21-8-4-5-10-23(21)24;1-14(2)11-16-12-17(15-9-7-6-8-10-15)19-13-18(16)20(3,4)5;/h4-12,14-19H,1-3H3;6-9,12-14H,11H2,1-5H3;/q2*-1;. The van der Waals surface area contributed by atoms with Crippen molar-refractivity contribution in [1.82, 2.24) is 9.97 Å². The first-order valence-electron chi connectivity index (χ1n) is 18.8. The molecule has 3 nitrogen and oxygen atoms in total. The van der Waals surface area contributed by atoms with Gasteiger partial charge in [-0.05, 0) is 80.8 Å². The SMILES string of the molecule is CC(C)Cc1cc(-c2[c-]cccc2)ncc1[Si](C)(C)C.Cc1cnc(-c2[c-]ccc3c2oc2cc(-c4cccc5ccccc45)ccc23)cc1C(C)C.[Ir]. The number of aromatic nitrogens is 2. The number of hydrogen-bond acceptors (Lipinski definition) is 3. The van der Waals surface area contributed by atoms with E-state index >= 15 is 0 Å². The minimum atomic E-state index is -1.34. The number of aryl methyl sites for hydroxylation is 1. The van der Waals surface area contributed by atoms with Crippen LogP contribution in [0.4, 0.5) is 0 Å². The van der Waals surface area contributed by atoms with E-state index in [-0.39, 0.29) is 20.1 Å². The molecule has 0 atom stereocenters. The van der Waals surface area contributed by atoms with Crippen molar-refractivity contribution < 1.29 is 24.5 Å². The predicted molar refractivity (Wildman–Crippen MR) is 228 cm³/mol. The van der Waals surface area contributed by atoms with Gasteiger partial charge in [0.15, 0.2) is 0 Å². The maximum absolute atomic E-state index is 6.47. The van der Waals surface area contributed by atoms with E-state index in [0.717, 1.165) is 56.4 Å². The third-order valence-corrected chi connectivity index (χ3v) is 12.0. The van der Waals surface area contributed by atoms with Crippen molar-refractivity contribution in [2.24, 2.45) is 5.92 Å². The second kappa shape index (κ2) is 16.4. The summed E-state index contributed by atoms with van der Waals surface area (Å²) in [7, 11) is -1.34. The Morgan fingerprint density at radius 1 is 0.704 bits per heavy atom. The molecule has 0 saturated heterocycles. The zero-order valence-electron chi connectivity index (χ0n) is 32.5. The summed E-state index contributed by atoms with van der Waals surface area (Å²) < 4.78 is 6.47. The van der Waals surface area contributed by atoms with Crippen LogP contribution in [0.15, 0.2) is 126 Å². The molecule has 3 aromatic heterocycles. The molecule has 0 unspecified atom stereocenters. The summed E-state index contributed by atoms with van der Waals surface area (Å²) in [6, 6.07) is 44.7. The number of hydrogen-bond donors (Lipinski definition) is 0. The van der Waals surface area contributed by atoms with Crippen LogP contribution in [-0.4, -0.2) is 18.0 Å². The average molecular weight is 901 g/mol. The predicted octanol–water partition coefficient (Wildman–Crippen LogP) is 13.0. The second-order valence-corrected chi connectivity index (χ2v) is 20.9. The first kappa shape index (κ1) is 39.0. The van der Waals surface area contributed by atoms with Crippen LogP contribution in [0.2, 0.25) is 19.6 Å². The molecule has 0 aliphatic carbocycles. The molecule has 0 bridgehead atoms. The molecule has 5 heteroatoms. The van der Waals surface area contributed by atoms with E-state index in [0.29, 0.717) is 11.8 Å². The maximum atomic E-state index is 6.47. The Balaban J connectivity index is 0.000000205. The number of benzene rings is 5. The molecule has 54 heavy (non-hydrogen) atoms. The van der Waals surface area contributed by atoms with Gasteiger partial charge in [-0.3, -0.25) is 0 Å². The second-order valence-electron chi connectivity index (χ2n) is 15.9. The van der Waals surface area contributed by atoms with Gasteiger partial charge >= 0.3 is 0 Å². The van der Waals surface area contributed by atoms with Gasteiger partial charge in [0.1, 0.15) is 5.58 Å². The normalized spacial score (nSPS) is 11.6. The number of fused-ring (bicyclic) bond motifs is 4. The fourth-order valence-electron chi connectivity index (χ4n) is 7.36. The maximum Gasteiger partial charge on any atom is 0.121 e. The first-order chi connectivity index (χ1) is 25.5. The number of nitrogens with zero attached hydrogens (tertiary/aromatic N) is 2. The Morgan fingerprint density at radius 3 is 2.20 bits per heavy atom. The van der Waals surface area contributed by atoms with Gasteiger partial charge < -0.3 is 14.4 Å². The molecule has 8 rings (SSSR count). The molecule has 0 N–H and O–H groups in total. The molecule has 0 spiro atoms. The third kappa shape index (κ3) is 8.20. The summed E-state index contributed by atoms with van der Waals surface area (Å²) in [4.78, 5) is 9.41. The van der Waals surface area contributed by atoms with Gasteiger partial charge in [0.2, 0.25) is 0 Å². The molecule has 0 saturated carbocycles. The zero-order valence-corrected chi connectivity index (χ0v) is 35.9.